The number of anilines is 1. The Morgan fingerprint density at radius 3 is 2.59 bits per heavy atom. The van der Waals surface area contributed by atoms with Crippen molar-refractivity contribution < 1.29 is 9.53 Å². The molecular formula is C21H17BrN2O3. The van der Waals surface area contributed by atoms with Gasteiger partial charge < -0.3 is 15.0 Å². The van der Waals surface area contributed by atoms with Gasteiger partial charge in [0.2, 0.25) is 5.91 Å². The summed E-state index contributed by atoms with van der Waals surface area (Å²) in [7, 11) is 0. The molecule has 0 unspecified atom stereocenters. The summed E-state index contributed by atoms with van der Waals surface area (Å²) in [5.41, 5.74) is 1.77. The van der Waals surface area contributed by atoms with Crippen LogP contribution in [0.4, 0.5) is 5.69 Å². The maximum atomic E-state index is 12.0. The van der Waals surface area contributed by atoms with Gasteiger partial charge in [-0.05, 0) is 51.3 Å². The van der Waals surface area contributed by atoms with Crippen LogP contribution in [0.5, 0.6) is 5.75 Å². The highest BCUT2D eigenvalue weighted by atomic mass is 79.9. The number of carbonyl (C=O) groups is 1. The van der Waals surface area contributed by atoms with Crippen molar-refractivity contribution in [2.75, 3.05) is 5.32 Å². The van der Waals surface area contributed by atoms with Crippen LogP contribution in [-0.4, -0.2) is 10.9 Å². The highest BCUT2D eigenvalue weighted by Gasteiger charge is 2.03. The average molecular weight is 425 g/mol. The zero-order valence-corrected chi connectivity index (χ0v) is 15.9. The Morgan fingerprint density at radius 2 is 1.85 bits per heavy atom. The van der Waals surface area contributed by atoms with E-state index in [9.17, 15) is 9.59 Å². The third kappa shape index (κ3) is 5.69. The van der Waals surface area contributed by atoms with E-state index in [0.717, 1.165) is 16.9 Å². The van der Waals surface area contributed by atoms with Crippen LogP contribution in [0.2, 0.25) is 0 Å². The van der Waals surface area contributed by atoms with Crippen molar-refractivity contribution in [1.29, 1.82) is 0 Å². The van der Waals surface area contributed by atoms with Crippen molar-refractivity contribution in [1.82, 2.24) is 4.98 Å². The van der Waals surface area contributed by atoms with E-state index in [4.69, 9.17) is 4.74 Å². The maximum Gasteiger partial charge on any atom is 0.271 e. The molecule has 0 aliphatic heterocycles. The molecule has 0 radical (unpaired) electrons. The Hall–Kier alpha value is -3.12. The first-order valence-corrected chi connectivity index (χ1v) is 9.03. The predicted octanol–water partition coefficient (Wildman–Crippen LogP) is 4.37. The van der Waals surface area contributed by atoms with Gasteiger partial charge in [-0.1, -0.05) is 42.5 Å². The normalized spacial score (nSPS) is 10.7. The van der Waals surface area contributed by atoms with Crippen LogP contribution in [0.15, 0.2) is 82.2 Å². The number of H-pyrrole nitrogens is 1. The van der Waals surface area contributed by atoms with Gasteiger partial charge >= 0.3 is 0 Å². The lowest BCUT2D eigenvalue weighted by molar-refractivity contribution is -0.111. The fourth-order valence-corrected chi connectivity index (χ4v) is 2.66. The molecule has 0 saturated heterocycles. The zero-order valence-electron chi connectivity index (χ0n) is 14.3. The molecule has 6 heteroatoms. The maximum absolute atomic E-state index is 12.0. The summed E-state index contributed by atoms with van der Waals surface area (Å²) >= 11 is 3.24. The molecule has 2 aromatic carbocycles. The molecule has 0 aliphatic carbocycles. The second kappa shape index (κ2) is 9.00. The van der Waals surface area contributed by atoms with Crippen LogP contribution < -0.4 is 15.6 Å². The number of aromatic nitrogens is 1. The van der Waals surface area contributed by atoms with Crippen LogP contribution in [0.25, 0.3) is 6.08 Å². The third-order valence-corrected chi connectivity index (χ3v) is 4.14. The quantitative estimate of drug-likeness (QED) is 0.577. The molecule has 0 fully saturated rings. The molecule has 0 atom stereocenters. The van der Waals surface area contributed by atoms with E-state index in [2.05, 4.69) is 26.2 Å². The van der Waals surface area contributed by atoms with Gasteiger partial charge in [0.25, 0.3) is 5.56 Å². The smallest absolute Gasteiger partial charge is 0.271 e. The molecule has 0 saturated carbocycles. The van der Waals surface area contributed by atoms with Crippen molar-refractivity contribution in [3.63, 3.8) is 0 Å². The Labute approximate surface area is 164 Å². The molecule has 0 aliphatic rings. The van der Waals surface area contributed by atoms with Gasteiger partial charge in [0.15, 0.2) is 0 Å². The molecule has 0 bridgehead atoms. The minimum absolute atomic E-state index is 0.184. The number of halogens is 1. The van der Waals surface area contributed by atoms with Crippen LogP contribution in [0.3, 0.4) is 0 Å². The topological polar surface area (TPSA) is 71.2 Å². The summed E-state index contributed by atoms with van der Waals surface area (Å²) in [6.45, 7) is 0.500. The molecule has 27 heavy (non-hydrogen) atoms. The lowest BCUT2D eigenvalue weighted by atomic mass is 10.2. The number of amides is 1. The van der Waals surface area contributed by atoms with Crippen LogP contribution in [-0.2, 0) is 11.4 Å². The van der Waals surface area contributed by atoms with E-state index in [1.165, 1.54) is 12.3 Å². The van der Waals surface area contributed by atoms with E-state index in [0.29, 0.717) is 11.1 Å². The van der Waals surface area contributed by atoms with Crippen molar-refractivity contribution in [2.45, 2.75) is 6.61 Å². The van der Waals surface area contributed by atoms with Crippen molar-refractivity contribution in [3.8, 4) is 5.75 Å². The van der Waals surface area contributed by atoms with Crippen LogP contribution in [0.1, 0.15) is 11.1 Å². The third-order valence-electron chi connectivity index (χ3n) is 3.68. The van der Waals surface area contributed by atoms with Crippen molar-refractivity contribution in [3.05, 3.63) is 98.9 Å². The zero-order chi connectivity index (χ0) is 19.1. The number of pyridine rings is 1. The molecule has 1 aromatic heterocycles. The largest absolute Gasteiger partial charge is 0.489 e. The number of carbonyl (C=O) groups excluding carboxylic acids is 1. The first kappa shape index (κ1) is 18.7. The predicted molar refractivity (Wildman–Crippen MR) is 110 cm³/mol. The molecule has 1 amide bonds. The Morgan fingerprint density at radius 1 is 1.11 bits per heavy atom. The second-order valence-electron chi connectivity index (χ2n) is 5.73. The summed E-state index contributed by atoms with van der Waals surface area (Å²) in [5, 5.41) is 2.55. The standard InChI is InChI=1S/C21H17BrN2O3/c22-17-12-19(21(26)23-13-17)24-20(25)11-8-15-6-9-18(10-7-15)27-14-16-4-2-1-3-5-16/h1-13H,14H2,(H,23,26)(H,24,25)/b11-8+. The summed E-state index contributed by atoms with van der Waals surface area (Å²) in [6.07, 6.45) is 4.55. The fourth-order valence-electron chi connectivity index (χ4n) is 2.31. The molecule has 1 heterocycles. The Balaban J connectivity index is 1.56. The lowest BCUT2D eigenvalue weighted by Crippen LogP contribution is -2.17. The fraction of sp³-hybridized carbons (Fsp3) is 0.0476. The molecular weight excluding hydrogens is 408 g/mol. The number of hydrogen-bond donors (Lipinski definition) is 2. The van der Waals surface area contributed by atoms with Crippen molar-refractivity contribution >= 4 is 33.6 Å². The molecule has 0 spiro atoms. The average Bonchev–Trinajstić information content (AvgIpc) is 2.69. The summed E-state index contributed by atoms with van der Waals surface area (Å²) < 4.78 is 6.40. The van der Waals surface area contributed by atoms with E-state index in [1.807, 2.05) is 54.6 Å². The van der Waals surface area contributed by atoms with Crippen LogP contribution in [0, 0.1) is 0 Å². The Kier molecular flexibility index (Phi) is 6.22. The molecule has 3 rings (SSSR count). The number of nitrogens with one attached hydrogen (secondary N) is 2. The van der Waals surface area contributed by atoms with Gasteiger partial charge in [-0.15, -0.1) is 0 Å². The van der Waals surface area contributed by atoms with Gasteiger partial charge in [-0.25, -0.2) is 0 Å². The van der Waals surface area contributed by atoms with Crippen LogP contribution >= 0.6 is 15.9 Å². The summed E-state index contributed by atoms with van der Waals surface area (Å²) in [5.74, 6) is 0.365. The number of hydrogen-bond acceptors (Lipinski definition) is 3. The number of benzene rings is 2. The van der Waals surface area contributed by atoms with E-state index >= 15 is 0 Å². The van der Waals surface area contributed by atoms with Gasteiger partial charge in [0.05, 0.1) is 0 Å². The molecule has 136 valence electrons. The van der Waals surface area contributed by atoms with Gasteiger partial charge in [-0.2, -0.15) is 0 Å². The van der Waals surface area contributed by atoms with Gasteiger partial charge in [-0.3, -0.25) is 9.59 Å². The Bertz CT molecular complexity index is 996. The lowest BCUT2D eigenvalue weighted by Gasteiger charge is -2.06. The van der Waals surface area contributed by atoms with E-state index < -0.39 is 0 Å². The summed E-state index contributed by atoms with van der Waals surface area (Å²) in [6, 6.07) is 18.9. The minimum atomic E-state index is -0.386. The molecule has 2 N–H and O–H groups in total. The van der Waals surface area contributed by atoms with Crippen molar-refractivity contribution in [2.24, 2.45) is 0 Å². The van der Waals surface area contributed by atoms with E-state index in [1.54, 1.807) is 12.1 Å². The number of aromatic amines is 1. The molecule has 3 aromatic rings. The monoisotopic (exact) mass is 424 g/mol. The number of ether oxygens (including phenoxy) is 1. The molecule has 5 nitrogen and oxygen atoms in total. The van der Waals surface area contributed by atoms with Gasteiger partial charge in [0, 0.05) is 16.7 Å². The highest BCUT2D eigenvalue weighted by Crippen LogP contribution is 2.15. The van der Waals surface area contributed by atoms with Gasteiger partial charge in [0.1, 0.15) is 18.0 Å². The number of rotatable bonds is 6. The highest BCUT2D eigenvalue weighted by molar-refractivity contribution is 9.10. The second-order valence-corrected chi connectivity index (χ2v) is 6.64. The SMILES string of the molecule is O=C(/C=C/c1ccc(OCc2ccccc2)cc1)Nc1cc(Br)c[nH]c1=O. The first-order chi connectivity index (χ1) is 13.1. The first-order valence-electron chi connectivity index (χ1n) is 8.24. The summed E-state index contributed by atoms with van der Waals surface area (Å²) in [4.78, 5) is 26.2. The minimum Gasteiger partial charge on any atom is -0.489 e. The van der Waals surface area contributed by atoms with E-state index in [-0.39, 0.29) is 17.2 Å².